The maximum absolute atomic E-state index is 12.8. The van der Waals surface area contributed by atoms with Gasteiger partial charge >= 0.3 is 6.18 Å². The van der Waals surface area contributed by atoms with Crippen LogP contribution in [0.25, 0.3) is 0 Å². The number of hydrogen-bond acceptors (Lipinski definition) is 1. The van der Waals surface area contributed by atoms with Gasteiger partial charge in [-0.15, -0.1) is 0 Å². The van der Waals surface area contributed by atoms with E-state index >= 15 is 0 Å². The monoisotopic (exact) mass is 315 g/mol. The van der Waals surface area contributed by atoms with E-state index in [0.717, 1.165) is 37.8 Å². The first-order chi connectivity index (χ1) is 10.3. The molecular formula is C17H24F3NO. The molecule has 0 aliphatic rings. The third-order valence-corrected chi connectivity index (χ3v) is 3.80. The molecule has 124 valence electrons. The van der Waals surface area contributed by atoms with Crippen LogP contribution in [0.15, 0.2) is 24.3 Å². The van der Waals surface area contributed by atoms with Crippen molar-refractivity contribution in [1.29, 1.82) is 0 Å². The van der Waals surface area contributed by atoms with E-state index in [0.29, 0.717) is 6.54 Å². The lowest BCUT2D eigenvalue weighted by molar-refractivity contribution is -0.137. The molecule has 0 spiro atoms. The summed E-state index contributed by atoms with van der Waals surface area (Å²) >= 11 is 0. The van der Waals surface area contributed by atoms with Crippen LogP contribution in [0.3, 0.4) is 0 Å². The van der Waals surface area contributed by atoms with Crippen LogP contribution in [0.4, 0.5) is 13.2 Å². The molecule has 0 aromatic heterocycles. The van der Waals surface area contributed by atoms with Crippen molar-refractivity contribution < 1.29 is 18.0 Å². The summed E-state index contributed by atoms with van der Waals surface area (Å²) in [7, 11) is 0. The van der Waals surface area contributed by atoms with Crippen LogP contribution in [0.2, 0.25) is 0 Å². The summed E-state index contributed by atoms with van der Waals surface area (Å²) in [6.45, 7) is 6.39. The first-order valence-corrected chi connectivity index (χ1v) is 7.79. The second-order valence-corrected chi connectivity index (χ2v) is 5.51. The topological polar surface area (TPSA) is 20.3 Å². The van der Waals surface area contributed by atoms with E-state index in [1.807, 2.05) is 13.8 Å². The average Bonchev–Trinajstić information content (AvgIpc) is 2.47. The predicted octanol–water partition coefficient (Wildman–Crippen LogP) is 5.14. The zero-order valence-electron chi connectivity index (χ0n) is 13.4. The molecular weight excluding hydrogens is 291 g/mol. The molecule has 22 heavy (non-hydrogen) atoms. The standard InChI is InChI=1S/C17H24F3NO/c1-4-6-7-9-13(3)21(5-2)16(22)14-10-8-11-15(12-14)17(18,19)20/h8,10-13H,4-7,9H2,1-3H3. The Morgan fingerprint density at radius 1 is 1.23 bits per heavy atom. The van der Waals surface area contributed by atoms with Crippen molar-refractivity contribution in [2.24, 2.45) is 0 Å². The highest BCUT2D eigenvalue weighted by Gasteiger charge is 2.31. The minimum atomic E-state index is -4.43. The third kappa shape index (κ3) is 5.04. The quantitative estimate of drug-likeness (QED) is 0.638. The lowest BCUT2D eigenvalue weighted by Crippen LogP contribution is -2.38. The maximum Gasteiger partial charge on any atom is 0.416 e. The van der Waals surface area contributed by atoms with Gasteiger partial charge < -0.3 is 4.90 Å². The molecule has 1 amide bonds. The Morgan fingerprint density at radius 2 is 1.91 bits per heavy atom. The third-order valence-electron chi connectivity index (χ3n) is 3.80. The predicted molar refractivity (Wildman–Crippen MR) is 81.8 cm³/mol. The van der Waals surface area contributed by atoms with E-state index in [9.17, 15) is 18.0 Å². The molecule has 0 aliphatic heterocycles. The summed E-state index contributed by atoms with van der Waals surface area (Å²) in [6, 6.07) is 4.67. The van der Waals surface area contributed by atoms with E-state index < -0.39 is 11.7 Å². The molecule has 2 nitrogen and oxygen atoms in total. The zero-order valence-corrected chi connectivity index (χ0v) is 13.4. The van der Waals surface area contributed by atoms with Crippen LogP contribution in [0, 0.1) is 0 Å². The summed E-state index contributed by atoms with van der Waals surface area (Å²) in [4.78, 5) is 14.1. The second kappa shape index (κ2) is 8.20. The van der Waals surface area contributed by atoms with Gasteiger partial charge in [0, 0.05) is 18.2 Å². The van der Waals surface area contributed by atoms with Gasteiger partial charge in [-0.25, -0.2) is 0 Å². The van der Waals surface area contributed by atoms with Crippen LogP contribution in [-0.4, -0.2) is 23.4 Å². The molecule has 1 atom stereocenters. The summed E-state index contributed by atoms with van der Waals surface area (Å²) in [5.41, 5.74) is -0.688. The lowest BCUT2D eigenvalue weighted by atomic mass is 10.1. The molecule has 1 aromatic rings. The molecule has 0 N–H and O–H groups in total. The van der Waals surface area contributed by atoms with Crippen LogP contribution in [0.5, 0.6) is 0 Å². The normalized spacial score (nSPS) is 13.0. The van der Waals surface area contributed by atoms with Crippen molar-refractivity contribution in [2.45, 2.75) is 58.7 Å². The number of benzene rings is 1. The Bertz CT molecular complexity index is 485. The molecule has 0 heterocycles. The highest BCUT2D eigenvalue weighted by molar-refractivity contribution is 5.94. The second-order valence-electron chi connectivity index (χ2n) is 5.51. The Morgan fingerprint density at radius 3 is 2.45 bits per heavy atom. The molecule has 0 aliphatic carbocycles. The first-order valence-electron chi connectivity index (χ1n) is 7.79. The van der Waals surface area contributed by atoms with Crippen LogP contribution >= 0.6 is 0 Å². The van der Waals surface area contributed by atoms with E-state index in [1.54, 1.807) is 4.90 Å². The van der Waals surface area contributed by atoms with E-state index in [-0.39, 0.29) is 17.5 Å². The summed E-state index contributed by atoms with van der Waals surface area (Å²) < 4.78 is 38.3. The number of unbranched alkanes of at least 4 members (excludes halogenated alkanes) is 2. The van der Waals surface area contributed by atoms with Gasteiger partial charge in [0.25, 0.3) is 5.91 Å². The summed E-state index contributed by atoms with van der Waals surface area (Å²) in [6.07, 6.45) is -0.351. The fraction of sp³-hybridized carbons (Fsp3) is 0.588. The Kier molecular flexibility index (Phi) is 6.91. The molecule has 0 fully saturated rings. The van der Waals surface area contributed by atoms with Crippen molar-refractivity contribution in [3.8, 4) is 0 Å². The average molecular weight is 315 g/mol. The van der Waals surface area contributed by atoms with Gasteiger partial charge in [-0.05, 0) is 38.5 Å². The van der Waals surface area contributed by atoms with Crippen molar-refractivity contribution >= 4 is 5.91 Å². The summed E-state index contributed by atoms with van der Waals surface area (Å²) in [5, 5.41) is 0. The van der Waals surface area contributed by atoms with Crippen molar-refractivity contribution in [3.63, 3.8) is 0 Å². The highest BCUT2D eigenvalue weighted by Crippen LogP contribution is 2.30. The van der Waals surface area contributed by atoms with Crippen molar-refractivity contribution in [3.05, 3.63) is 35.4 Å². The molecule has 0 radical (unpaired) electrons. The zero-order chi connectivity index (χ0) is 16.8. The van der Waals surface area contributed by atoms with Gasteiger partial charge in [0.1, 0.15) is 0 Å². The Balaban J connectivity index is 2.87. The van der Waals surface area contributed by atoms with Gasteiger partial charge in [-0.3, -0.25) is 4.79 Å². The molecule has 1 rings (SSSR count). The number of carbonyl (C=O) groups is 1. The van der Waals surface area contributed by atoms with Crippen molar-refractivity contribution in [1.82, 2.24) is 4.90 Å². The summed E-state index contributed by atoms with van der Waals surface area (Å²) in [5.74, 6) is -0.336. The molecule has 0 saturated heterocycles. The lowest BCUT2D eigenvalue weighted by Gasteiger charge is -2.28. The largest absolute Gasteiger partial charge is 0.416 e. The SMILES string of the molecule is CCCCCC(C)N(CC)C(=O)c1cccc(C(F)(F)F)c1. The van der Waals surface area contributed by atoms with Gasteiger partial charge in [0.15, 0.2) is 0 Å². The first kappa shape index (κ1) is 18.5. The van der Waals surface area contributed by atoms with E-state index in [4.69, 9.17) is 0 Å². The minimum Gasteiger partial charge on any atom is -0.336 e. The fourth-order valence-corrected chi connectivity index (χ4v) is 2.50. The number of alkyl halides is 3. The number of carbonyl (C=O) groups excluding carboxylic acids is 1. The highest BCUT2D eigenvalue weighted by atomic mass is 19.4. The number of halogens is 3. The Labute approximate surface area is 130 Å². The molecule has 0 bridgehead atoms. The Hall–Kier alpha value is -1.52. The smallest absolute Gasteiger partial charge is 0.336 e. The maximum atomic E-state index is 12.8. The van der Waals surface area contributed by atoms with E-state index in [2.05, 4.69) is 6.92 Å². The number of hydrogen-bond donors (Lipinski definition) is 0. The molecule has 1 unspecified atom stereocenters. The molecule has 0 saturated carbocycles. The van der Waals surface area contributed by atoms with E-state index in [1.165, 1.54) is 12.1 Å². The fourth-order valence-electron chi connectivity index (χ4n) is 2.50. The van der Waals surface area contributed by atoms with Crippen LogP contribution in [-0.2, 0) is 6.18 Å². The van der Waals surface area contributed by atoms with Gasteiger partial charge in [-0.2, -0.15) is 13.2 Å². The molecule has 1 aromatic carbocycles. The van der Waals surface area contributed by atoms with Crippen LogP contribution in [0.1, 0.15) is 62.4 Å². The van der Waals surface area contributed by atoms with Gasteiger partial charge in [-0.1, -0.05) is 32.3 Å². The van der Waals surface area contributed by atoms with Crippen molar-refractivity contribution in [2.75, 3.05) is 6.54 Å². The number of rotatable bonds is 7. The minimum absolute atomic E-state index is 0.0265. The number of nitrogens with zero attached hydrogens (tertiary/aromatic N) is 1. The van der Waals surface area contributed by atoms with Gasteiger partial charge in [0.05, 0.1) is 5.56 Å². The van der Waals surface area contributed by atoms with Crippen LogP contribution < -0.4 is 0 Å². The molecule has 5 heteroatoms. The number of amides is 1. The van der Waals surface area contributed by atoms with Gasteiger partial charge in [0.2, 0.25) is 0 Å².